The van der Waals surface area contributed by atoms with Gasteiger partial charge in [0.25, 0.3) is 0 Å². The van der Waals surface area contributed by atoms with E-state index in [9.17, 15) is 0 Å². The lowest BCUT2D eigenvalue weighted by Crippen LogP contribution is -2.36. The number of hydrogen-bond acceptors (Lipinski definition) is 4. The number of rotatable bonds is 5. The molecule has 2 saturated carbocycles. The third-order valence-electron chi connectivity index (χ3n) is 3.59. The van der Waals surface area contributed by atoms with Crippen LogP contribution in [-0.4, -0.2) is 26.6 Å². The van der Waals surface area contributed by atoms with E-state index in [1.807, 2.05) is 0 Å². The molecule has 0 unspecified atom stereocenters. The second kappa shape index (κ2) is 3.83. The Morgan fingerprint density at radius 2 is 2.27 bits per heavy atom. The average molecular weight is 223 g/mol. The van der Waals surface area contributed by atoms with Gasteiger partial charge in [-0.3, -0.25) is 4.90 Å². The van der Waals surface area contributed by atoms with E-state index in [0.29, 0.717) is 0 Å². The van der Waals surface area contributed by atoms with Crippen molar-refractivity contribution in [1.29, 1.82) is 0 Å². The second-order valence-electron chi connectivity index (χ2n) is 4.88. The molecule has 0 radical (unpaired) electrons. The van der Waals surface area contributed by atoms with Gasteiger partial charge in [-0.2, -0.15) is 0 Å². The highest BCUT2D eigenvalue weighted by molar-refractivity contribution is 7.03. The molecule has 2 fully saturated rings. The largest absolute Gasteiger partial charge is 0.292 e. The zero-order chi connectivity index (χ0) is 10.3. The van der Waals surface area contributed by atoms with E-state index < -0.39 is 0 Å². The van der Waals surface area contributed by atoms with E-state index in [4.69, 9.17) is 0 Å². The van der Waals surface area contributed by atoms with Crippen molar-refractivity contribution < 1.29 is 0 Å². The first kappa shape index (κ1) is 9.73. The minimum Gasteiger partial charge on any atom is -0.292 e. The highest BCUT2D eigenvalue weighted by Crippen LogP contribution is 2.40. The van der Waals surface area contributed by atoms with Gasteiger partial charge in [0.1, 0.15) is 0 Å². The zero-order valence-corrected chi connectivity index (χ0v) is 9.91. The third-order valence-corrected chi connectivity index (χ3v) is 4.15. The Morgan fingerprint density at radius 3 is 2.80 bits per heavy atom. The lowest BCUT2D eigenvalue weighted by molar-refractivity contribution is 0.168. The first-order chi connectivity index (χ1) is 7.34. The molecular formula is C11H17N3S. The molecule has 0 aromatic carbocycles. The molecule has 0 spiro atoms. The predicted molar refractivity (Wildman–Crippen MR) is 60.7 cm³/mol. The number of hydrogen-bond donors (Lipinski definition) is 0. The van der Waals surface area contributed by atoms with Crippen molar-refractivity contribution in [3.8, 4) is 0 Å². The number of nitrogens with zero attached hydrogens (tertiary/aromatic N) is 3. The topological polar surface area (TPSA) is 29.0 Å². The first-order valence-corrected chi connectivity index (χ1v) is 6.70. The fraction of sp³-hybridized carbons (Fsp3) is 0.818. The predicted octanol–water partition coefficient (Wildman–Crippen LogP) is 2.30. The normalized spacial score (nSPS) is 23.3. The Bertz CT molecular complexity index is 317. The van der Waals surface area contributed by atoms with Gasteiger partial charge in [0.15, 0.2) is 0 Å². The smallest absolute Gasteiger partial charge is 0.0895 e. The Morgan fingerprint density at radius 1 is 1.47 bits per heavy atom. The molecule has 1 aromatic heterocycles. The minimum atomic E-state index is 0.749. The Balaban J connectivity index is 1.67. The van der Waals surface area contributed by atoms with E-state index in [0.717, 1.165) is 30.2 Å². The lowest BCUT2D eigenvalue weighted by Gasteiger charge is -2.28. The van der Waals surface area contributed by atoms with Gasteiger partial charge in [0, 0.05) is 24.0 Å². The van der Waals surface area contributed by atoms with E-state index in [2.05, 4.69) is 26.8 Å². The lowest BCUT2D eigenvalue weighted by atomic mass is 10.1. The van der Waals surface area contributed by atoms with Crippen LogP contribution in [0.1, 0.15) is 38.3 Å². The van der Waals surface area contributed by atoms with E-state index >= 15 is 0 Å². The summed E-state index contributed by atoms with van der Waals surface area (Å²) in [5.74, 6) is 0.956. The van der Waals surface area contributed by atoms with Crippen molar-refractivity contribution in [3.05, 3.63) is 11.1 Å². The molecule has 0 aliphatic heterocycles. The zero-order valence-electron chi connectivity index (χ0n) is 9.09. The van der Waals surface area contributed by atoms with Gasteiger partial charge in [0.05, 0.1) is 5.69 Å². The molecule has 2 aliphatic carbocycles. The van der Waals surface area contributed by atoms with Crippen LogP contribution in [0.5, 0.6) is 0 Å². The average Bonchev–Trinajstić information content (AvgIpc) is 3.13. The molecule has 4 heteroatoms. The minimum absolute atomic E-state index is 0.749. The maximum absolute atomic E-state index is 4.16. The maximum atomic E-state index is 4.16. The van der Waals surface area contributed by atoms with Crippen molar-refractivity contribution in [1.82, 2.24) is 14.5 Å². The fourth-order valence-electron chi connectivity index (χ4n) is 2.30. The van der Waals surface area contributed by atoms with Crippen LogP contribution < -0.4 is 0 Å². The van der Waals surface area contributed by atoms with Gasteiger partial charge in [-0.25, -0.2) is 0 Å². The molecule has 15 heavy (non-hydrogen) atoms. The van der Waals surface area contributed by atoms with Gasteiger partial charge in [-0.05, 0) is 50.1 Å². The van der Waals surface area contributed by atoms with Crippen LogP contribution in [0.4, 0.5) is 0 Å². The number of aromatic nitrogens is 2. The monoisotopic (exact) mass is 223 g/mol. The summed E-state index contributed by atoms with van der Waals surface area (Å²) in [5, 5.41) is 6.23. The third kappa shape index (κ3) is 2.21. The molecule has 3 nitrogen and oxygen atoms in total. The van der Waals surface area contributed by atoms with Crippen LogP contribution in [0.2, 0.25) is 0 Å². The highest BCUT2D eigenvalue weighted by Gasteiger charge is 2.39. The van der Waals surface area contributed by atoms with Crippen LogP contribution in [0, 0.1) is 5.92 Å². The Hall–Kier alpha value is -0.480. The fourth-order valence-corrected chi connectivity index (χ4v) is 2.74. The summed E-state index contributed by atoms with van der Waals surface area (Å²) in [6.07, 6.45) is 5.63. The van der Waals surface area contributed by atoms with Crippen LogP contribution in [0.3, 0.4) is 0 Å². The molecule has 0 bridgehead atoms. The molecule has 2 aliphatic rings. The summed E-state index contributed by atoms with van der Waals surface area (Å²) in [6, 6.07) is 1.58. The van der Waals surface area contributed by atoms with Gasteiger partial charge >= 0.3 is 0 Å². The van der Waals surface area contributed by atoms with Crippen molar-refractivity contribution in [2.24, 2.45) is 5.92 Å². The second-order valence-corrected chi connectivity index (χ2v) is 5.49. The van der Waals surface area contributed by atoms with Crippen molar-refractivity contribution in [3.63, 3.8) is 0 Å². The highest BCUT2D eigenvalue weighted by atomic mass is 32.1. The van der Waals surface area contributed by atoms with Gasteiger partial charge < -0.3 is 0 Å². The van der Waals surface area contributed by atoms with E-state index in [-0.39, 0.29) is 0 Å². The first-order valence-electron chi connectivity index (χ1n) is 5.86. The summed E-state index contributed by atoms with van der Waals surface area (Å²) >= 11 is 1.46. The summed E-state index contributed by atoms with van der Waals surface area (Å²) in [6.45, 7) is 3.40. The van der Waals surface area contributed by atoms with Crippen LogP contribution in [0.25, 0.3) is 0 Å². The van der Waals surface area contributed by atoms with Crippen LogP contribution >= 0.6 is 11.5 Å². The Kier molecular flexibility index (Phi) is 2.48. The molecular weight excluding hydrogens is 206 g/mol. The van der Waals surface area contributed by atoms with Crippen LogP contribution in [0.15, 0.2) is 5.38 Å². The summed E-state index contributed by atoms with van der Waals surface area (Å²) in [7, 11) is 0. The van der Waals surface area contributed by atoms with Gasteiger partial charge in [-0.1, -0.05) is 4.49 Å². The molecule has 1 aromatic rings. The van der Waals surface area contributed by atoms with E-state index in [1.54, 1.807) is 0 Å². The molecule has 82 valence electrons. The molecule has 1 heterocycles. The van der Waals surface area contributed by atoms with Crippen molar-refractivity contribution in [2.45, 2.75) is 51.2 Å². The summed E-state index contributed by atoms with van der Waals surface area (Å²) < 4.78 is 3.94. The molecule has 0 amide bonds. The standard InChI is InChI=1S/C11H17N3S/c1-8(9-2-3-9)14(11-4-5-11)6-10-7-15-13-12-10/h7-9,11H,2-6H2,1H3/t8-/m0/s1. The molecule has 1 atom stereocenters. The van der Waals surface area contributed by atoms with Gasteiger partial charge in [0.2, 0.25) is 0 Å². The summed E-state index contributed by atoms with van der Waals surface area (Å²) in [4.78, 5) is 2.65. The van der Waals surface area contributed by atoms with Crippen molar-refractivity contribution >= 4 is 11.5 Å². The molecule has 0 N–H and O–H groups in total. The molecule has 3 rings (SSSR count). The Labute approximate surface area is 94.7 Å². The maximum Gasteiger partial charge on any atom is 0.0895 e. The summed E-state index contributed by atoms with van der Waals surface area (Å²) in [5.41, 5.74) is 1.15. The van der Waals surface area contributed by atoms with Gasteiger partial charge in [-0.15, -0.1) is 5.10 Å². The van der Waals surface area contributed by atoms with Crippen LogP contribution in [-0.2, 0) is 6.54 Å². The van der Waals surface area contributed by atoms with Crippen molar-refractivity contribution in [2.75, 3.05) is 0 Å². The SMILES string of the molecule is C[C@@H](C1CC1)N(Cc1csnn1)C1CC1. The van der Waals surface area contributed by atoms with E-state index in [1.165, 1.54) is 37.2 Å². The quantitative estimate of drug-likeness (QED) is 0.767. The molecule has 0 saturated heterocycles.